The zero-order valence-electron chi connectivity index (χ0n) is 16.0. The van der Waals surface area contributed by atoms with Crippen LogP contribution >= 0.6 is 0 Å². The third kappa shape index (κ3) is 3.45. The highest BCUT2D eigenvalue weighted by Crippen LogP contribution is 2.32. The predicted octanol–water partition coefficient (Wildman–Crippen LogP) is 4.19. The molecule has 5 nitrogen and oxygen atoms in total. The number of hydrogen-bond donors (Lipinski definition) is 1. The van der Waals surface area contributed by atoms with Gasteiger partial charge in [0.2, 0.25) is 0 Å². The number of halogens is 3. The summed E-state index contributed by atoms with van der Waals surface area (Å²) in [5, 5.41) is 0.726. The van der Waals surface area contributed by atoms with Crippen molar-refractivity contribution in [2.75, 3.05) is 13.2 Å². The van der Waals surface area contributed by atoms with Crippen molar-refractivity contribution in [2.45, 2.75) is 13.3 Å². The first-order valence-corrected chi connectivity index (χ1v) is 9.34. The Balaban J connectivity index is 1.80. The smallest absolute Gasteiger partial charge is 0.341 e. The predicted molar refractivity (Wildman–Crippen MR) is 104 cm³/mol. The number of esters is 1. The van der Waals surface area contributed by atoms with Gasteiger partial charge in [0.15, 0.2) is 11.6 Å². The quantitative estimate of drug-likeness (QED) is 0.654. The van der Waals surface area contributed by atoms with Gasteiger partial charge in [-0.1, -0.05) is 0 Å². The lowest BCUT2D eigenvalue weighted by atomic mass is 10.0. The lowest BCUT2D eigenvalue weighted by Gasteiger charge is -2.18. The largest absolute Gasteiger partial charge is 0.462 e. The number of ether oxygens (including phenoxy) is 1. The lowest BCUT2D eigenvalue weighted by molar-refractivity contribution is -0.136. The second kappa shape index (κ2) is 7.70. The van der Waals surface area contributed by atoms with Crippen molar-refractivity contribution < 1.29 is 27.5 Å². The minimum atomic E-state index is -1.14. The summed E-state index contributed by atoms with van der Waals surface area (Å²) >= 11 is 0. The topological polar surface area (TPSA) is 62.4 Å². The molecule has 2 aromatic carbocycles. The monoisotopic (exact) mass is 414 g/mol. The Morgan fingerprint density at radius 2 is 1.90 bits per heavy atom. The van der Waals surface area contributed by atoms with E-state index >= 15 is 0 Å². The summed E-state index contributed by atoms with van der Waals surface area (Å²) in [6.45, 7) is 1.95. The molecule has 0 spiro atoms. The average Bonchev–Trinajstić information content (AvgIpc) is 2.95. The van der Waals surface area contributed by atoms with Gasteiger partial charge in [0.25, 0.3) is 5.91 Å². The maximum absolute atomic E-state index is 13.6. The molecule has 1 aliphatic heterocycles. The van der Waals surface area contributed by atoms with Crippen LogP contribution in [-0.2, 0) is 16.0 Å². The van der Waals surface area contributed by atoms with Crippen LogP contribution in [0.3, 0.4) is 0 Å². The molecule has 0 saturated carbocycles. The molecular formula is C22H17F3N2O3. The van der Waals surface area contributed by atoms with Gasteiger partial charge < -0.3 is 14.6 Å². The maximum atomic E-state index is 13.6. The van der Waals surface area contributed by atoms with Gasteiger partial charge in [-0.15, -0.1) is 0 Å². The van der Waals surface area contributed by atoms with E-state index in [1.54, 1.807) is 13.0 Å². The molecule has 8 heteroatoms. The normalized spacial score (nSPS) is 13.6. The molecule has 1 N–H and O–H groups in total. The van der Waals surface area contributed by atoms with Gasteiger partial charge in [-0.2, -0.15) is 0 Å². The fraction of sp³-hybridized carbons (Fsp3) is 0.182. The Bertz CT molecular complexity index is 1200. The highest BCUT2D eigenvalue weighted by molar-refractivity contribution is 6.18. The molecule has 0 aliphatic carbocycles. The van der Waals surface area contributed by atoms with Crippen molar-refractivity contribution in [2.24, 2.45) is 0 Å². The van der Waals surface area contributed by atoms with Crippen molar-refractivity contribution in [1.29, 1.82) is 0 Å². The van der Waals surface area contributed by atoms with Crippen molar-refractivity contribution in [1.82, 2.24) is 9.88 Å². The number of hydrogen-bond acceptors (Lipinski definition) is 3. The van der Waals surface area contributed by atoms with Crippen molar-refractivity contribution in [3.8, 4) is 0 Å². The molecule has 154 valence electrons. The number of carbonyl (C=O) groups is 2. The number of aromatic nitrogens is 1. The van der Waals surface area contributed by atoms with E-state index in [1.807, 2.05) is 0 Å². The van der Waals surface area contributed by atoms with Gasteiger partial charge in [0, 0.05) is 29.2 Å². The summed E-state index contributed by atoms with van der Waals surface area (Å²) in [7, 11) is 0. The summed E-state index contributed by atoms with van der Waals surface area (Å²) in [5.74, 6) is -3.86. The fourth-order valence-electron chi connectivity index (χ4n) is 3.55. The Morgan fingerprint density at radius 3 is 2.63 bits per heavy atom. The number of H-pyrrole nitrogens is 1. The van der Waals surface area contributed by atoms with Crippen LogP contribution in [0.4, 0.5) is 13.2 Å². The van der Waals surface area contributed by atoms with Gasteiger partial charge in [-0.05, 0) is 55.3 Å². The molecule has 1 amide bonds. The number of amides is 1. The fourth-order valence-corrected chi connectivity index (χ4v) is 3.55. The number of rotatable bonds is 3. The first-order chi connectivity index (χ1) is 14.4. The van der Waals surface area contributed by atoms with Crippen LogP contribution < -0.4 is 0 Å². The van der Waals surface area contributed by atoms with E-state index in [4.69, 9.17) is 4.74 Å². The summed E-state index contributed by atoms with van der Waals surface area (Å²) in [6, 6.07) is 7.13. The second-order valence-corrected chi connectivity index (χ2v) is 6.81. The molecule has 0 saturated heterocycles. The molecule has 3 aromatic rings. The first kappa shape index (κ1) is 19.8. The Kier molecular flexibility index (Phi) is 5.07. The number of nitrogens with one attached hydrogen (secondary N) is 1. The molecule has 1 aromatic heterocycles. The molecule has 1 aliphatic rings. The summed E-state index contributed by atoms with van der Waals surface area (Å²) in [4.78, 5) is 29.8. The van der Waals surface area contributed by atoms with E-state index < -0.39 is 29.3 Å². The lowest BCUT2D eigenvalue weighted by Crippen LogP contribution is -2.28. The van der Waals surface area contributed by atoms with E-state index in [2.05, 4.69) is 4.98 Å². The third-order valence-corrected chi connectivity index (χ3v) is 4.95. The van der Waals surface area contributed by atoms with E-state index in [1.165, 1.54) is 29.3 Å². The van der Waals surface area contributed by atoms with Crippen LogP contribution in [0, 0.1) is 17.5 Å². The van der Waals surface area contributed by atoms with Gasteiger partial charge in [-0.25, -0.2) is 18.0 Å². The summed E-state index contributed by atoms with van der Waals surface area (Å²) < 4.78 is 45.6. The second-order valence-electron chi connectivity index (χ2n) is 6.81. The number of benzene rings is 2. The highest BCUT2D eigenvalue weighted by Gasteiger charge is 2.28. The molecule has 30 heavy (non-hydrogen) atoms. The van der Waals surface area contributed by atoms with E-state index in [9.17, 15) is 22.8 Å². The Morgan fingerprint density at radius 1 is 1.10 bits per heavy atom. The molecule has 0 unspecified atom stereocenters. The minimum absolute atomic E-state index is 0.0501. The van der Waals surface area contributed by atoms with Crippen LogP contribution in [0.15, 0.2) is 42.6 Å². The van der Waals surface area contributed by atoms with Crippen LogP contribution in [-0.4, -0.2) is 34.9 Å². The van der Waals surface area contributed by atoms with E-state index in [0.717, 1.165) is 23.1 Å². The highest BCUT2D eigenvalue weighted by atomic mass is 19.2. The molecule has 0 radical (unpaired) electrons. The first-order valence-electron chi connectivity index (χ1n) is 9.34. The third-order valence-electron chi connectivity index (χ3n) is 4.95. The molecule has 0 bridgehead atoms. The zero-order valence-corrected chi connectivity index (χ0v) is 16.0. The number of aromatic amines is 1. The molecule has 0 atom stereocenters. The standard InChI is InChI=1S/C22H17F3N2O3/c1-2-30-22(29)16-11-27(21(28)12-3-6-17(24)18(25)9-12)8-7-15-14-5-4-13(23)10-19(14)26-20(15)16/h3-6,9-11,26H,2,7-8H2,1H3. The van der Waals surface area contributed by atoms with Crippen molar-refractivity contribution in [3.05, 3.63) is 76.9 Å². The average molecular weight is 414 g/mol. The summed E-state index contributed by atoms with van der Waals surface area (Å²) in [6.07, 6.45) is 1.69. The Hall–Kier alpha value is -3.55. The van der Waals surface area contributed by atoms with Crippen molar-refractivity contribution >= 4 is 28.4 Å². The number of nitrogens with zero attached hydrogens (tertiary/aromatic N) is 1. The van der Waals surface area contributed by atoms with Gasteiger partial charge >= 0.3 is 5.97 Å². The van der Waals surface area contributed by atoms with E-state index in [0.29, 0.717) is 17.6 Å². The number of fused-ring (bicyclic) bond motifs is 3. The van der Waals surface area contributed by atoms with Gasteiger partial charge in [0.1, 0.15) is 5.82 Å². The van der Waals surface area contributed by atoms with Crippen LogP contribution in [0.2, 0.25) is 0 Å². The summed E-state index contributed by atoms with van der Waals surface area (Å²) in [5.41, 5.74) is 1.75. The van der Waals surface area contributed by atoms with Crippen LogP contribution in [0.5, 0.6) is 0 Å². The maximum Gasteiger partial charge on any atom is 0.341 e. The Labute approximate surface area is 169 Å². The molecular weight excluding hydrogens is 397 g/mol. The van der Waals surface area contributed by atoms with Gasteiger partial charge in [0.05, 0.1) is 17.9 Å². The zero-order chi connectivity index (χ0) is 21.4. The van der Waals surface area contributed by atoms with Crippen molar-refractivity contribution in [3.63, 3.8) is 0 Å². The van der Waals surface area contributed by atoms with E-state index in [-0.39, 0.29) is 24.3 Å². The number of carbonyl (C=O) groups excluding carboxylic acids is 2. The van der Waals surface area contributed by atoms with Crippen LogP contribution in [0.1, 0.15) is 28.5 Å². The SMILES string of the molecule is CCOC(=O)C1=CN(C(=O)c2ccc(F)c(F)c2)CCc2c1[nH]c1cc(F)ccc21. The van der Waals surface area contributed by atoms with Gasteiger partial charge in [-0.3, -0.25) is 4.79 Å². The van der Waals surface area contributed by atoms with Crippen LogP contribution in [0.25, 0.3) is 16.5 Å². The molecule has 4 rings (SSSR count). The minimum Gasteiger partial charge on any atom is -0.462 e. The molecule has 0 fully saturated rings. The molecule has 2 heterocycles.